The van der Waals surface area contributed by atoms with Gasteiger partial charge in [-0.3, -0.25) is 0 Å². The van der Waals surface area contributed by atoms with Gasteiger partial charge in [0, 0.05) is 19.6 Å². The third kappa shape index (κ3) is 3.45. The van der Waals surface area contributed by atoms with Crippen molar-refractivity contribution >= 4 is 5.69 Å². The largest absolute Gasteiger partial charge is 0.369 e. The lowest BCUT2D eigenvalue weighted by Crippen LogP contribution is -2.29. The molecule has 3 heteroatoms. The quantitative estimate of drug-likeness (QED) is 0.831. The first-order valence-corrected chi connectivity index (χ1v) is 8.71. The highest BCUT2D eigenvalue weighted by molar-refractivity contribution is 5.51. The molecule has 1 aromatic rings. The van der Waals surface area contributed by atoms with Crippen LogP contribution in [0.5, 0.6) is 0 Å². The van der Waals surface area contributed by atoms with E-state index in [4.69, 9.17) is 0 Å². The van der Waals surface area contributed by atoms with Crippen LogP contribution in [0.15, 0.2) is 18.2 Å². The first kappa shape index (κ1) is 15.8. The van der Waals surface area contributed by atoms with Crippen LogP contribution in [0, 0.1) is 11.7 Å². The van der Waals surface area contributed by atoms with Crippen molar-refractivity contribution in [2.24, 2.45) is 5.92 Å². The van der Waals surface area contributed by atoms with E-state index in [9.17, 15) is 4.39 Å². The van der Waals surface area contributed by atoms with E-state index in [1.54, 1.807) is 6.07 Å². The Morgan fingerprint density at radius 3 is 2.50 bits per heavy atom. The Hall–Kier alpha value is -1.09. The summed E-state index contributed by atoms with van der Waals surface area (Å²) >= 11 is 0. The topological polar surface area (TPSA) is 6.48 Å². The molecule has 2 nitrogen and oxygen atoms in total. The Kier molecular flexibility index (Phi) is 4.44. The second-order valence-electron chi connectivity index (χ2n) is 8.02. The zero-order chi connectivity index (χ0) is 15.7. The fourth-order valence-electron chi connectivity index (χ4n) is 3.76. The van der Waals surface area contributed by atoms with Gasteiger partial charge in [0.15, 0.2) is 0 Å². The van der Waals surface area contributed by atoms with Crippen molar-refractivity contribution in [2.75, 3.05) is 37.6 Å². The van der Waals surface area contributed by atoms with Crippen molar-refractivity contribution in [1.29, 1.82) is 0 Å². The zero-order valence-electron chi connectivity index (χ0n) is 14.2. The summed E-state index contributed by atoms with van der Waals surface area (Å²) in [5.41, 5.74) is 1.86. The van der Waals surface area contributed by atoms with Crippen molar-refractivity contribution < 1.29 is 4.39 Å². The normalized spacial score (nSPS) is 23.5. The minimum atomic E-state index is -0.0609. The zero-order valence-corrected chi connectivity index (χ0v) is 14.2. The molecule has 1 atom stereocenters. The van der Waals surface area contributed by atoms with Gasteiger partial charge in [0.2, 0.25) is 0 Å². The van der Waals surface area contributed by atoms with Crippen LogP contribution in [-0.2, 0) is 5.41 Å². The van der Waals surface area contributed by atoms with Crippen LogP contribution in [0.1, 0.15) is 45.6 Å². The fraction of sp³-hybridized carbons (Fsp3) is 0.684. The summed E-state index contributed by atoms with van der Waals surface area (Å²) in [6.07, 6.45) is 3.88. The van der Waals surface area contributed by atoms with E-state index in [1.807, 2.05) is 6.07 Å². The summed E-state index contributed by atoms with van der Waals surface area (Å²) < 4.78 is 14.5. The highest BCUT2D eigenvalue weighted by Gasteiger charge is 2.27. The SMILES string of the molecule is CC(C)(C)c1ccc(N2CC[C@@H](CN3CCCC3)C2)c(F)c1. The van der Waals surface area contributed by atoms with Gasteiger partial charge in [0.05, 0.1) is 5.69 Å². The maximum Gasteiger partial charge on any atom is 0.146 e. The highest BCUT2D eigenvalue weighted by Crippen LogP contribution is 2.31. The summed E-state index contributed by atoms with van der Waals surface area (Å²) in [5.74, 6) is 0.633. The number of benzene rings is 1. The standard InChI is InChI=1S/C19H29FN2/c1-19(2,3)16-6-7-18(17(20)12-16)22-11-8-15(14-22)13-21-9-4-5-10-21/h6-7,12,15H,4-5,8-11,13-14H2,1-3H3/t15-/m0/s1. The summed E-state index contributed by atoms with van der Waals surface area (Å²) in [6.45, 7) is 12.1. The molecule has 0 saturated carbocycles. The van der Waals surface area contributed by atoms with Crippen LogP contribution < -0.4 is 4.90 Å². The lowest BCUT2D eigenvalue weighted by molar-refractivity contribution is 0.289. The number of likely N-dealkylation sites (tertiary alicyclic amines) is 1. The molecule has 0 bridgehead atoms. The van der Waals surface area contributed by atoms with Crippen molar-refractivity contribution in [3.8, 4) is 0 Å². The fourth-order valence-corrected chi connectivity index (χ4v) is 3.76. The number of rotatable bonds is 3. The first-order valence-electron chi connectivity index (χ1n) is 8.71. The van der Waals surface area contributed by atoms with E-state index in [0.717, 1.165) is 24.3 Å². The second-order valence-corrected chi connectivity index (χ2v) is 8.02. The summed E-state index contributed by atoms with van der Waals surface area (Å²) in [5, 5.41) is 0. The molecule has 0 amide bonds. The summed E-state index contributed by atoms with van der Waals surface area (Å²) in [7, 11) is 0. The number of hydrogen-bond donors (Lipinski definition) is 0. The Morgan fingerprint density at radius 1 is 1.14 bits per heavy atom. The monoisotopic (exact) mass is 304 g/mol. The molecule has 1 aromatic carbocycles. The average Bonchev–Trinajstić information content (AvgIpc) is 3.10. The number of nitrogens with zero attached hydrogens (tertiary/aromatic N) is 2. The Morgan fingerprint density at radius 2 is 1.86 bits per heavy atom. The van der Waals surface area contributed by atoms with E-state index in [1.165, 1.54) is 38.9 Å². The molecule has 2 fully saturated rings. The van der Waals surface area contributed by atoms with Crippen LogP contribution in [0.2, 0.25) is 0 Å². The maximum atomic E-state index is 14.5. The molecule has 2 saturated heterocycles. The van der Waals surface area contributed by atoms with Crippen molar-refractivity contribution in [2.45, 2.75) is 45.4 Å². The maximum absolute atomic E-state index is 14.5. The van der Waals surface area contributed by atoms with Gasteiger partial charge in [-0.05, 0) is 61.4 Å². The molecule has 0 aliphatic carbocycles. The minimum Gasteiger partial charge on any atom is -0.369 e. The number of anilines is 1. The summed E-state index contributed by atoms with van der Waals surface area (Å²) in [6, 6.07) is 5.80. The molecular weight excluding hydrogens is 275 g/mol. The molecule has 3 rings (SSSR count). The molecule has 2 aliphatic heterocycles. The third-order valence-corrected chi connectivity index (χ3v) is 5.16. The van der Waals surface area contributed by atoms with Gasteiger partial charge in [0.1, 0.15) is 5.82 Å². The second kappa shape index (κ2) is 6.19. The van der Waals surface area contributed by atoms with E-state index >= 15 is 0 Å². The lowest BCUT2D eigenvalue weighted by atomic mass is 9.87. The van der Waals surface area contributed by atoms with E-state index in [0.29, 0.717) is 5.92 Å². The minimum absolute atomic E-state index is 0.00265. The molecule has 2 heterocycles. The Labute approximate surface area is 134 Å². The Balaban J connectivity index is 1.65. The van der Waals surface area contributed by atoms with Crippen molar-refractivity contribution in [1.82, 2.24) is 4.90 Å². The average molecular weight is 304 g/mol. The Bertz CT molecular complexity index is 515. The molecule has 0 radical (unpaired) electrons. The predicted molar refractivity (Wildman–Crippen MR) is 91.1 cm³/mol. The lowest BCUT2D eigenvalue weighted by Gasteiger charge is -2.24. The van der Waals surface area contributed by atoms with E-state index in [2.05, 4.69) is 36.6 Å². The van der Waals surface area contributed by atoms with Gasteiger partial charge in [-0.1, -0.05) is 26.8 Å². The van der Waals surface area contributed by atoms with Gasteiger partial charge < -0.3 is 9.80 Å². The van der Waals surface area contributed by atoms with Gasteiger partial charge in [0.25, 0.3) is 0 Å². The van der Waals surface area contributed by atoms with Crippen molar-refractivity contribution in [3.63, 3.8) is 0 Å². The van der Waals surface area contributed by atoms with Gasteiger partial charge >= 0.3 is 0 Å². The van der Waals surface area contributed by atoms with E-state index in [-0.39, 0.29) is 11.2 Å². The van der Waals surface area contributed by atoms with Crippen LogP contribution in [0.3, 0.4) is 0 Å². The van der Waals surface area contributed by atoms with E-state index < -0.39 is 0 Å². The van der Waals surface area contributed by atoms with Crippen LogP contribution >= 0.6 is 0 Å². The molecule has 2 aliphatic rings. The highest BCUT2D eigenvalue weighted by atomic mass is 19.1. The van der Waals surface area contributed by atoms with Crippen LogP contribution in [0.4, 0.5) is 10.1 Å². The first-order chi connectivity index (χ1) is 10.4. The van der Waals surface area contributed by atoms with Gasteiger partial charge in [-0.25, -0.2) is 4.39 Å². The van der Waals surface area contributed by atoms with Crippen molar-refractivity contribution in [3.05, 3.63) is 29.6 Å². The third-order valence-electron chi connectivity index (χ3n) is 5.16. The van der Waals surface area contributed by atoms with Gasteiger partial charge in [-0.15, -0.1) is 0 Å². The smallest absolute Gasteiger partial charge is 0.146 e. The summed E-state index contributed by atoms with van der Waals surface area (Å²) in [4.78, 5) is 4.82. The molecule has 122 valence electrons. The number of hydrogen-bond acceptors (Lipinski definition) is 2. The molecule has 22 heavy (non-hydrogen) atoms. The van der Waals surface area contributed by atoms with Crippen LogP contribution in [-0.4, -0.2) is 37.6 Å². The van der Waals surface area contributed by atoms with Gasteiger partial charge in [-0.2, -0.15) is 0 Å². The molecule has 0 aromatic heterocycles. The van der Waals surface area contributed by atoms with Crippen LogP contribution in [0.25, 0.3) is 0 Å². The molecule has 0 spiro atoms. The number of halogens is 1. The molecule has 0 unspecified atom stereocenters. The molecular formula is C19H29FN2. The predicted octanol–water partition coefficient (Wildman–Crippen LogP) is 4.05. The molecule has 0 N–H and O–H groups in total.